The van der Waals surface area contributed by atoms with Crippen molar-refractivity contribution in [3.8, 4) is 11.4 Å². The van der Waals surface area contributed by atoms with E-state index in [4.69, 9.17) is 4.52 Å². The van der Waals surface area contributed by atoms with Gasteiger partial charge in [0.1, 0.15) is 4.21 Å². The van der Waals surface area contributed by atoms with Crippen molar-refractivity contribution in [2.45, 2.75) is 44.2 Å². The molecule has 0 bridgehead atoms. The minimum absolute atomic E-state index is 0.150. The standard InChI is InChI=1S/C22H26N4O4S2/c1-4-19-24-21(25-30-19)17-11-20(31-13-17)32(28,29)26-9-5-6-16(12-26)22(27)23-18-8-7-14(2)10-15(18)3/h7-8,10-11,13,16H,4-6,9,12H2,1-3H3,(H,23,27). The van der Waals surface area contributed by atoms with Crippen LogP contribution in [0.2, 0.25) is 0 Å². The van der Waals surface area contributed by atoms with E-state index in [1.165, 1.54) is 4.31 Å². The molecule has 3 aromatic rings. The van der Waals surface area contributed by atoms with Crippen LogP contribution in [0.15, 0.2) is 38.4 Å². The van der Waals surface area contributed by atoms with Crippen LogP contribution in [0.25, 0.3) is 11.4 Å². The van der Waals surface area contributed by atoms with Gasteiger partial charge in [-0.3, -0.25) is 4.79 Å². The molecule has 1 fully saturated rings. The zero-order chi connectivity index (χ0) is 22.9. The van der Waals surface area contributed by atoms with Gasteiger partial charge in [0.05, 0.1) is 5.92 Å². The molecule has 1 aliphatic rings. The average molecular weight is 475 g/mol. The zero-order valence-corrected chi connectivity index (χ0v) is 19.9. The highest BCUT2D eigenvalue weighted by Gasteiger charge is 2.34. The lowest BCUT2D eigenvalue weighted by molar-refractivity contribution is -0.120. The molecule has 1 atom stereocenters. The molecule has 1 amide bonds. The molecule has 8 nitrogen and oxygen atoms in total. The number of anilines is 1. The summed E-state index contributed by atoms with van der Waals surface area (Å²) in [4.78, 5) is 17.1. The van der Waals surface area contributed by atoms with Crippen LogP contribution in [0.3, 0.4) is 0 Å². The molecule has 2 aromatic heterocycles. The van der Waals surface area contributed by atoms with Crippen molar-refractivity contribution in [1.29, 1.82) is 0 Å². The summed E-state index contributed by atoms with van der Waals surface area (Å²) in [5.74, 6) is 0.332. The van der Waals surface area contributed by atoms with Crippen LogP contribution in [0, 0.1) is 19.8 Å². The van der Waals surface area contributed by atoms with E-state index in [9.17, 15) is 13.2 Å². The predicted octanol–water partition coefficient (Wildman–Crippen LogP) is 4.02. The van der Waals surface area contributed by atoms with E-state index < -0.39 is 15.9 Å². The number of piperidine rings is 1. The van der Waals surface area contributed by atoms with E-state index in [1.807, 2.05) is 39.0 Å². The Kier molecular flexibility index (Phi) is 6.45. The fourth-order valence-electron chi connectivity index (χ4n) is 3.78. The van der Waals surface area contributed by atoms with Crippen molar-refractivity contribution < 1.29 is 17.7 Å². The Balaban J connectivity index is 1.48. The SMILES string of the molecule is CCc1nc(-c2csc(S(=O)(=O)N3CCCC(C(=O)Nc4ccc(C)cc4C)C3)c2)no1. The Morgan fingerprint density at radius 3 is 2.84 bits per heavy atom. The number of nitrogens with zero attached hydrogens (tertiary/aromatic N) is 3. The molecule has 170 valence electrons. The number of nitrogens with one attached hydrogen (secondary N) is 1. The maximum Gasteiger partial charge on any atom is 0.252 e. The summed E-state index contributed by atoms with van der Waals surface area (Å²) in [7, 11) is -3.72. The lowest BCUT2D eigenvalue weighted by atomic mass is 9.98. The highest BCUT2D eigenvalue weighted by molar-refractivity contribution is 7.91. The van der Waals surface area contributed by atoms with Gasteiger partial charge >= 0.3 is 0 Å². The van der Waals surface area contributed by atoms with Crippen molar-refractivity contribution >= 4 is 33.0 Å². The third kappa shape index (κ3) is 4.62. The van der Waals surface area contributed by atoms with Gasteiger partial charge < -0.3 is 9.84 Å². The van der Waals surface area contributed by atoms with Gasteiger partial charge in [-0.1, -0.05) is 29.8 Å². The molecule has 1 aliphatic heterocycles. The van der Waals surface area contributed by atoms with Gasteiger partial charge in [-0.05, 0) is 44.4 Å². The van der Waals surface area contributed by atoms with Crippen molar-refractivity contribution in [3.05, 3.63) is 46.7 Å². The Morgan fingerprint density at radius 1 is 1.31 bits per heavy atom. The molecule has 0 spiro atoms. The number of carbonyl (C=O) groups is 1. The second-order valence-corrected chi connectivity index (χ2v) is 11.1. The second kappa shape index (κ2) is 9.13. The molecular formula is C22H26N4O4S2. The monoisotopic (exact) mass is 474 g/mol. The highest BCUT2D eigenvalue weighted by atomic mass is 32.2. The molecule has 0 saturated carbocycles. The normalized spacial score (nSPS) is 17.4. The summed E-state index contributed by atoms with van der Waals surface area (Å²) >= 11 is 1.13. The molecular weight excluding hydrogens is 448 g/mol. The number of thiophene rings is 1. The summed E-state index contributed by atoms with van der Waals surface area (Å²) in [5.41, 5.74) is 3.48. The quantitative estimate of drug-likeness (QED) is 0.579. The highest BCUT2D eigenvalue weighted by Crippen LogP contribution is 2.31. The lowest BCUT2D eigenvalue weighted by Crippen LogP contribution is -2.43. The van der Waals surface area contributed by atoms with Gasteiger partial charge in [-0.25, -0.2) is 8.42 Å². The molecule has 1 aromatic carbocycles. The zero-order valence-electron chi connectivity index (χ0n) is 18.3. The number of benzene rings is 1. The number of amides is 1. The van der Waals surface area contributed by atoms with Crippen LogP contribution < -0.4 is 5.32 Å². The van der Waals surface area contributed by atoms with E-state index >= 15 is 0 Å². The van der Waals surface area contributed by atoms with Gasteiger partial charge in [0.2, 0.25) is 17.6 Å². The molecule has 1 N–H and O–H groups in total. The molecule has 4 rings (SSSR count). The van der Waals surface area contributed by atoms with E-state index in [-0.39, 0.29) is 16.7 Å². The number of rotatable bonds is 6. The first-order valence-electron chi connectivity index (χ1n) is 10.6. The molecule has 0 radical (unpaired) electrons. The first kappa shape index (κ1) is 22.6. The van der Waals surface area contributed by atoms with Crippen LogP contribution in [0.1, 0.15) is 36.8 Å². The summed E-state index contributed by atoms with van der Waals surface area (Å²) < 4.78 is 33.2. The predicted molar refractivity (Wildman–Crippen MR) is 123 cm³/mol. The van der Waals surface area contributed by atoms with Crippen molar-refractivity contribution in [2.24, 2.45) is 5.92 Å². The fraction of sp³-hybridized carbons (Fsp3) is 0.409. The molecule has 32 heavy (non-hydrogen) atoms. The Morgan fingerprint density at radius 2 is 2.12 bits per heavy atom. The minimum Gasteiger partial charge on any atom is -0.339 e. The van der Waals surface area contributed by atoms with Gasteiger partial charge in [0.15, 0.2) is 0 Å². The molecule has 3 heterocycles. The van der Waals surface area contributed by atoms with Crippen molar-refractivity contribution in [1.82, 2.24) is 14.4 Å². The maximum absolute atomic E-state index is 13.3. The summed E-state index contributed by atoms with van der Waals surface area (Å²) in [6.45, 7) is 6.41. The van der Waals surface area contributed by atoms with Crippen LogP contribution in [0.5, 0.6) is 0 Å². The van der Waals surface area contributed by atoms with Crippen LogP contribution in [0.4, 0.5) is 5.69 Å². The number of hydrogen-bond acceptors (Lipinski definition) is 7. The Bertz CT molecular complexity index is 1230. The van der Waals surface area contributed by atoms with E-state index in [0.717, 1.165) is 28.2 Å². The smallest absolute Gasteiger partial charge is 0.252 e. The van der Waals surface area contributed by atoms with Gasteiger partial charge in [-0.15, -0.1) is 11.3 Å². The van der Waals surface area contributed by atoms with Crippen LogP contribution >= 0.6 is 11.3 Å². The Labute approximate surface area is 191 Å². The van der Waals surface area contributed by atoms with Crippen molar-refractivity contribution in [2.75, 3.05) is 18.4 Å². The first-order chi connectivity index (χ1) is 15.3. The van der Waals surface area contributed by atoms with Crippen LogP contribution in [-0.2, 0) is 21.2 Å². The number of aryl methyl sites for hydroxylation is 3. The van der Waals surface area contributed by atoms with Gasteiger partial charge in [-0.2, -0.15) is 9.29 Å². The largest absolute Gasteiger partial charge is 0.339 e. The number of carbonyl (C=O) groups excluding carboxylic acids is 1. The summed E-state index contributed by atoms with van der Waals surface area (Å²) in [6, 6.07) is 7.41. The fourth-order valence-corrected chi connectivity index (χ4v) is 6.61. The summed E-state index contributed by atoms with van der Waals surface area (Å²) in [5, 5.41) is 8.59. The number of aromatic nitrogens is 2. The second-order valence-electron chi connectivity index (χ2n) is 8.03. The number of hydrogen-bond donors (Lipinski definition) is 1. The molecule has 1 saturated heterocycles. The van der Waals surface area contributed by atoms with Crippen LogP contribution in [-0.4, -0.2) is 41.9 Å². The molecule has 0 aliphatic carbocycles. The number of sulfonamides is 1. The minimum atomic E-state index is -3.72. The van der Waals surface area contributed by atoms with E-state index in [1.54, 1.807) is 11.4 Å². The summed E-state index contributed by atoms with van der Waals surface area (Å²) in [6.07, 6.45) is 1.90. The first-order valence-corrected chi connectivity index (χ1v) is 12.9. The topological polar surface area (TPSA) is 105 Å². The average Bonchev–Trinajstić information content (AvgIpc) is 3.45. The maximum atomic E-state index is 13.3. The molecule has 1 unspecified atom stereocenters. The Hall–Kier alpha value is -2.56. The van der Waals surface area contributed by atoms with Crippen molar-refractivity contribution in [3.63, 3.8) is 0 Å². The lowest BCUT2D eigenvalue weighted by Gasteiger charge is -2.31. The van der Waals surface area contributed by atoms with E-state index in [2.05, 4.69) is 15.5 Å². The third-order valence-corrected chi connectivity index (χ3v) is 8.87. The van der Waals surface area contributed by atoms with Gasteiger partial charge in [0.25, 0.3) is 10.0 Å². The third-order valence-electron chi connectivity index (χ3n) is 5.59. The molecule has 10 heteroatoms. The van der Waals surface area contributed by atoms with E-state index in [0.29, 0.717) is 43.1 Å². The van der Waals surface area contributed by atoms with Gasteiger partial charge in [0, 0.05) is 36.1 Å².